The number of para-hydroxylation sites is 1. The van der Waals surface area contributed by atoms with E-state index in [0.717, 1.165) is 6.33 Å². The number of nitrogens with one attached hydrogen (secondary N) is 16. The number of rotatable bonds is 44. The average molecular weight is 1430 g/mol. The molecule has 0 aliphatic carbocycles. The van der Waals surface area contributed by atoms with E-state index in [2.05, 4.69) is 93.4 Å². The first-order chi connectivity index (χ1) is 48.3. The van der Waals surface area contributed by atoms with Crippen LogP contribution in [0.3, 0.4) is 0 Å². The molecule has 28 N–H and O–H groups in total. The Morgan fingerprint density at radius 1 is 0.490 bits per heavy atom. The summed E-state index contributed by atoms with van der Waals surface area (Å²) in [5.74, 6) is -20.7. The van der Waals surface area contributed by atoms with E-state index in [1.807, 2.05) is 0 Å². The number of imidazole rings is 3. The van der Waals surface area contributed by atoms with Crippen molar-refractivity contribution < 1.29 is 92.3 Å². The summed E-state index contributed by atoms with van der Waals surface area (Å²) in [4.78, 5) is 226. The van der Waals surface area contributed by atoms with Crippen LogP contribution in [0.1, 0.15) is 81.4 Å². The third-order valence-corrected chi connectivity index (χ3v) is 15.6. The zero-order chi connectivity index (χ0) is 75.3. The predicted octanol–water partition coefficient (Wildman–Crippen LogP) is -8.13. The number of benzene rings is 1. The molecule has 0 radical (unpaired) electrons. The van der Waals surface area contributed by atoms with Crippen LogP contribution in [0.25, 0.3) is 10.9 Å². The lowest BCUT2D eigenvalue weighted by Crippen LogP contribution is -2.62. The summed E-state index contributed by atoms with van der Waals surface area (Å²) in [5.41, 5.74) is 23.8. The topological polar surface area (TPSA) is 699 Å². The summed E-state index contributed by atoms with van der Waals surface area (Å²) < 4.78 is 0. The molecule has 102 heavy (non-hydrogen) atoms. The summed E-state index contributed by atoms with van der Waals surface area (Å²) >= 11 is 0. The highest BCUT2D eigenvalue weighted by atomic mass is 16.4. The van der Waals surface area contributed by atoms with Crippen molar-refractivity contribution in [1.82, 2.24) is 93.4 Å². The number of carbonyl (C=O) groups is 15. The number of carboxylic acid groups (broad SMARTS) is 3. The Morgan fingerprint density at radius 2 is 0.882 bits per heavy atom. The molecule has 0 saturated heterocycles. The van der Waals surface area contributed by atoms with Crippen LogP contribution in [-0.2, 0) is 97.6 Å². The Labute approximate surface area is 578 Å². The van der Waals surface area contributed by atoms with Gasteiger partial charge in [0.05, 0.1) is 74.4 Å². The second kappa shape index (κ2) is 39.3. The minimum atomic E-state index is -2.16. The van der Waals surface area contributed by atoms with Crippen LogP contribution in [0.2, 0.25) is 0 Å². The molecule has 4 heterocycles. The molecule has 42 heteroatoms. The molecule has 0 bridgehead atoms. The lowest BCUT2D eigenvalue weighted by atomic mass is 9.97. The summed E-state index contributed by atoms with van der Waals surface area (Å²) in [6.07, 6.45) is 3.74. The highest BCUT2D eigenvalue weighted by molar-refractivity contribution is 6.01. The molecule has 0 spiro atoms. The maximum absolute atomic E-state index is 14.7. The van der Waals surface area contributed by atoms with Gasteiger partial charge in [-0.25, -0.2) is 19.7 Å². The van der Waals surface area contributed by atoms with Crippen LogP contribution in [0.5, 0.6) is 0 Å². The lowest BCUT2D eigenvalue weighted by molar-refractivity contribution is -0.143. The fraction of sp³-hybridized carbons (Fsp3) is 0.450. The number of fused-ring (bicyclic) bond motifs is 1. The number of aromatic amines is 4. The lowest BCUT2D eigenvalue weighted by Gasteiger charge is -2.29. The third kappa shape index (κ3) is 25.8. The number of aliphatic carboxylic acids is 3. The molecular weight excluding hydrogens is 1350 g/mol. The molecule has 0 fully saturated rings. The van der Waals surface area contributed by atoms with Crippen LogP contribution in [-0.4, -0.2) is 230 Å². The van der Waals surface area contributed by atoms with Gasteiger partial charge in [0.1, 0.15) is 60.4 Å². The zero-order valence-electron chi connectivity index (χ0n) is 55.0. The van der Waals surface area contributed by atoms with Gasteiger partial charge in [-0.1, -0.05) is 38.5 Å². The zero-order valence-corrected chi connectivity index (χ0v) is 55.0. The number of carbonyl (C=O) groups excluding carboxylic acids is 12. The molecule has 12 amide bonds. The number of nitrogens with two attached hydrogens (primary N) is 4. The van der Waals surface area contributed by atoms with Crippen molar-refractivity contribution in [3.63, 3.8) is 0 Å². The fourth-order valence-electron chi connectivity index (χ4n) is 10.1. The summed E-state index contributed by atoms with van der Waals surface area (Å²) in [5, 5.41) is 73.7. The van der Waals surface area contributed by atoms with Gasteiger partial charge in [-0.3, -0.25) is 72.5 Å². The number of aliphatic hydroxyl groups is 1. The minimum absolute atomic E-state index is 0.0348. The van der Waals surface area contributed by atoms with E-state index in [1.165, 1.54) is 44.4 Å². The number of primary amides is 2. The van der Waals surface area contributed by atoms with Crippen LogP contribution < -0.4 is 81.4 Å². The van der Waals surface area contributed by atoms with Gasteiger partial charge in [-0.05, 0) is 30.4 Å². The molecule has 0 unspecified atom stereocenters. The Morgan fingerprint density at radius 3 is 1.31 bits per heavy atom. The standard InChI is InChI=1S/C60H83N23O19/c1-3-27(2)48(58(100)81-40(16-45(63)86)53(95)74-35(59(101)102)9-6-10-69-60(64)65)83-56(98)42(18-47(89)90)80-52(94)38(14-31-22-68-26-73-31)77-55(97)41(17-46(87)88)79-50(92)36(11-28-19-70-34-8-5-4-7-32(28)34)76-57(99)43(23-84)82-54(96)39(15-44(62)85)78-51(93)37(13-30-21-67-25-72-30)75-49(91)33(61)12-29-20-66-24-71-29/h4-5,7-8,19-22,24-27,33,35-43,48,70,84H,3,6,9-18,23,61H2,1-2H3,(H2,62,85)(H2,63,86)(H,66,71)(H,67,72)(H,68,73)(H,74,95)(H,75,91)(H,76,99)(H,77,97)(H,78,93)(H,79,92)(H,80,94)(H,81,100)(H,82,96)(H,83,98)(H,87,88)(H,89,90)(H,101,102)(H4,64,65,69)/t27-,33-,35-,36-,37-,38-,39-,40-,41-,42-,43-,48-/m0/s1. The van der Waals surface area contributed by atoms with Crippen molar-refractivity contribution >= 4 is 106 Å². The average Bonchev–Trinajstić information content (AvgIpc) is 1.70. The summed E-state index contributed by atoms with van der Waals surface area (Å²) in [6, 6.07) is -13.2. The second-order valence-corrected chi connectivity index (χ2v) is 23.4. The molecule has 5 aromatic rings. The van der Waals surface area contributed by atoms with Crippen LogP contribution in [0.15, 0.2) is 68.0 Å². The summed E-state index contributed by atoms with van der Waals surface area (Å²) in [7, 11) is 0. The number of hydrogen-bond acceptors (Lipinski definition) is 21. The third-order valence-electron chi connectivity index (χ3n) is 15.6. The van der Waals surface area contributed by atoms with Gasteiger partial charge in [0.15, 0.2) is 5.96 Å². The van der Waals surface area contributed by atoms with Gasteiger partial charge in [0.2, 0.25) is 70.9 Å². The molecule has 0 aliphatic rings. The summed E-state index contributed by atoms with van der Waals surface area (Å²) in [6.45, 7) is 1.84. The Balaban J connectivity index is 1.38. The van der Waals surface area contributed by atoms with E-state index < -0.39 is 212 Å². The highest BCUT2D eigenvalue weighted by Gasteiger charge is 2.39. The number of aromatic nitrogens is 7. The van der Waals surface area contributed by atoms with E-state index in [9.17, 15) is 92.3 Å². The second-order valence-electron chi connectivity index (χ2n) is 23.4. The van der Waals surface area contributed by atoms with Gasteiger partial charge < -0.3 is 122 Å². The van der Waals surface area contributed by atoms with Gasteiger partial charge in [-0.2, -0.15) is 0 Å². The molecule has 1 aromatic carbocycles. The van der Waals surface area contributed by atoms with Crippen molar-refractivity contribution in [1.29, 1.82) is 5.41 Å². The number of carboxylic acids is 3. The maximum Gasteiger partial charge on any atom is 0.326 e. The van der Waals surface area contributed by atoms with Crippen LogP contribution in [0.4, 0.5) is 0 Å². The SMILES string of the molecule is CC[C@H](C)[C@H](NC(=O)[C@H](CC(=O)O)NC(=O)[C@H](Cc1c[nH]cn1)NC(=O)[C@H](CC(=O)O)NC(=O)[C@H](Cc1c[nH]c2ccccc12)NC(=O)[C@H](CO)NC(=O)[C@H](CC(N)=O)NC(=O)[C@H](Cc1c[nH]cn1)NC(=O)[C@@H](N)Cc1c[nH]cn1)C(=O)N[C@@H](CC(N)=O)C(=O)N[C@@H](CCCNC(=N)N)C(=O)O. The number of hydrogen-bond donors (Lipinski definition) is 24. The minimum Gasteiger partial charge on any atom is -0.481 e. The quantitative estimate of drug-likeness (QED) is 0.00978. The van der Waals surface area contributed by atoms with Crippen molar-refractivity contribution in [3.8, 4) is 0 Å². The largest absolute Gasteiger partial charge is 0.481 e. The van der Waals surface area contributed by atoms with Crippen molar-refractivity contribution in [3.05, 3.63) is 90.7 Å². The van der Waals surface area contributed by atoms with E-state index in [1.54, 1.807) is 31.2 Å². The Hall–Kier alpha value is -12.4. The van der Waals surface area contributed by atoms with Crippen molar-refractivity contribution in [2.75, 3.05) is 13.2 Å². The predicted molar refractivity (Wildman–Crippen MR) is 352 cm³/mol. The molecule has 42 nitrogen and oxygen atoms in total. The first kappa shape index (κ1) is 80.3. The van der Waals surface area contributed by atoms with E-state index in [4.69, 9.17) is 28.3 Å². The van der Waals surface area contributed by atoms with E-state index >= 15 is 0 Å². The van der Waals surface area contributed by atoms with Crippen molar-refractivity contribution in [2.24, 2.45) is 28.9 Å². The van der Waals surface area contributed by atoms with E-state index in [-0.39, 0.29) is 50.0 Å². The fourth-order valence-corrected chi connectivity index (χ4v) is 10.1. The van der Waals surface area contributed by atoms with Crippen LogP contribution >= 0.6 is 0 Å². The van der Waals surface area contributed by atoms with Crippen molar-refractivity contribution in [2.45, 2.75) is 151 Å². The van der Waals surface area contributed by atoms with Gasteiger partial charge in [0.25, 0.3) is 0 Å². The van der Waals surface area contributed by atoms with E-state index in [0.29, 0.717) is 22.2 Å². The normalized spacial score (nSPS) is 14.6. The monoisotopic (exact) mass is 1430 g/mol. The molecule has 5 rings (SSSR count). The van der Waals surface area contributed by atoms with Gasteiger partial charge >= 0.3 is 17.9 Å². The number of nitrogens with zero attached hydrogens (tertiary/aromatic N) is 3. The molecule has 0 aliphatic heterocycles. The maximum atomic E-state index is 14.7. The van der Waals surface area contributed by atoms with Crippen LogP contribution in [0, 0.1) is 11.3 Å². The number of H-pyrrole nitrogens is 4. The van der Waals surface area contributed by atoms with Gasteiger partial charge in [-0.15, -0.1) is 0 Å². The molecule has 0 saturated carbocycles. The highest BCUT2D eigenvalue weighted by Crippen LogP contribution is 2.20. The number of aliphatic hydroxyl groups excluding tert-OH is 1. The molecular formula is C60H83N23O19. The smallest absolute Gasteiger partial charge is 0.326 e. The molecule has 4 aromatic heterocycles. The first-order valence-electron chi connectivity index (χ1n) is 31.5. The van der Waals surface area contributed by atoms with Gasteiger partial charge in [0, 0.05) is 67.9 Å². The number of amides is 12. The Kier molecular flexibility index (Phi) is 30.9. The molecule has 552 valence electrons. The Bertz CT molecular complexity index is 3770. The molecule has 12 atom stereocenters. The number of guanidine groups is 1. The first-order valence-corrected chi connectivity index (χ1v) is 31.5.